The normalized spacial score (nSPS) is 29.1. The van der Waals surface area contributed by atoms with Crippen LogP contribution in [0.3, 0.4) is 0 Å². The summed E-state index contributed by atoms with van der Waals surface area (Å²) in [6.07, 6.45) is 4.48. The van der Waals surface area contributed by atoms with E-state index in [9.17, 15) is 8.42 Å². The summed E-state index contributed by atoms with van der Waals surface area (Å²) in [6, 6.07) is 8.06. The van der Waals surface area contributed by atoms with Crippen LogP contribution in [0.2, 0.25) is 0 Å². The quantitative estimate of drug-likeness (QED) is 0.857. The van der Waals surface area contributed by atoms with Crippen molar-refractivity contribution < 1.29 is 13.2 Å². The number of ether oxygens (including phenoxy) is 1. The first kappa shape index (κ1) is 15.6. The number of sulfone groups is 1. The Hall–Kier alpha value is -1.27. The minimum atomic E-state index is -2.79. The Morgan fingerprint density at radius 2 is 1.59 bits per heavy atom. The van der Waals surface area contributed by atoms with Crippen molar-refractivity contribution in [3.8, 4) is 5.75 Å². The zero-order valence-electron chi connectivity index (χ0n) is 12.8. The largest absolute Gasteiger partial charge is 0.490 e. The molecule has 2 N–H and O–H groups in total. The van der Waals surface area contributed by atoms with Crippen molar-refractivity contribution in [2.75, 3.05) is 30.3 Å². The molecule has 122 valence electrons. The van der Waals surface area contributed by atoms with Crippen molar-refractivity contribution in [1.29, 1.82) is 0 Å². The minimum absolute atomic E-state index is 0.258. The molecule has 1 saturated heterocycles. The third-order valence-corrected chi connectivity index (χ3v) is 6.33. The van der Waals surface area contributed by atoms with E-state index in [0.29, 0.717) is 30.6 Å². The van der Waals surface area contributed by atoms with Gasteiger partial charge in [0.05, 0.1) is 17.6 Å². The molecule has 0 bridgehead atoms. The van der Waals surface area contributed by atoms with Gasteiger partial charge in [-0.2, -0.15) is 0 Å². The highest BCUT2D eigenvalue weighted by molar-refractivity contribution is 7.91. The van der Waals surface area contributed by atoms with E-state index in [1.165, 1.54) is 0 Å². The summed E-state index contributed by atoms with van der Waals surface area (Å²) < 4.78 is 29.0. The summed E-state index contributed by atoms with van der Waals surface area (Å²) in [5.41, 5.74) is 6.42. The van der Waals surface area contributed by atoms with Crippen molar-refractivity contribution >= 4 is 15.5 Å². The molecule has 22 heavy (non-hydrogen) atoms. The molecule has 1 saturated carbocycles. The molecule has 2 fully saturated rings. The van der Waals surface area contributed by atoms with Crippen molar-refractivity contribution in [1.82, 2.24) is 4.90 Å². The second kappa shape index (κ2) is 6.46. The van der Waals surface area contributed by atoms with Gasteiger partial charge in [0.1, 0.15) is 5.75 Å². The Labute approximate surface area is 132 Å². The van der Waals surface area contributed by atoms with E-state index < -0.39 is 9.84 Å². The molecule has 0 aromatic heterocycles. The Balaban J connectivity index is 1.47. The molecule has 0 spiro atoms. The average molecular weight is 324 g/mol. The van der Waals surface area contributed by atoms with Crippen LogP contribution in [0.1, 0.15) is 25.7 Å². The number of hydrogen-bond donors (Lipinski definition) is 1. The number of nitrogen functional groups attached to an aromatic ring is 1. The second-order valence-electron chi connectivity index (χ2n) is 6.31. The predicted octanol–water partition coefficient (Wildman–Crippen LogP) is 1.69. The molecule has 1 aromatic carbocycles. The number of benzene rings is 1. The van der Waals surface area contributed by atoms with Crippen LogP contribution in [0.15, 0.2) is 24.3 Å². The lowest BCUT2D eigenvalue weighted by Crippen LogP contribution is -2.48. The summed E-state index contributed by atoms with van der Waals surface area (Å²) in [4.78, 5) is 2.35. The van der Waals surface area contributed by atoms with Gasteiger partial charge in [-0.15, -0.1) is 0 Å². The lowest BCUT2D eigenvalue weighted by atomic mass is 9.91. The maximum Gasteiger partial charge on any atom is 0.152 e. The van der Waals surface area contributed by atoms with Gasteiger partial charge in [0.25, 0.3) is 0 Å². The molecular formula is C16H24N2O3S. The third-order valence-electron chi connectivity index (χ3n) is 4.72. The van der Waals surface area contributed by atoms with E-state index in [2.05, 4.69) is 4.90 Å². The SMILES string of the molecule is Nc1ccc(OC2CCC(N3CCS(=O)(=O)CC3)CC2)cc1. The van der Waals surface area contributed by atoms with Crippen LogP contribution in [-0.2, 0) is 9.84 Å². The number of rotatable bonds is 3. The van der Waals surface area contributed by atoms with Crippen molar-refractivity contribution in [2.24, 2.45) is 0 Å². The zero-order chi connectivity index (χ0) is 15.6. The van der Waals surface area contributed by atoms with Crippen LogP contribution in [0.25, 0.3) is 0 Å². The van der Waals surface area contributed by atoms with Gasteiger partial charge in [-0.1, -0.05) is 0 Å². The van der Waals surface area contributed by atoms with Crippen LogP contribution in [-0.4, -0.2) is 50.1 Å². The standard InChI is InChI=1S/C16H24N2O3S/c17-13-1-5-15(6-2-13)21-16-7-3-14(4-8-16)18-9-11-22(19,20)12-10-18/h1-2,5-6,14,16H,3-4,7-12,17H2. The molecule has 5 nitrogen and oxygen atoms in total. The molecule has 1 aliphatic carbocycles. The number of anilines is 1. The molecule has 0 unspecified atom stereocenters. The van der Waals surface area contributed by atoms with Crippen LogP contribution in [0, 0.1) is 0 Å². The smallest absolute Gasteiger partial charge is 0.152 e. The van der Waals surface area contributed by atoms with E-state index in [4.69, 9.17) is 10.5 Å². The summed E-state index contributed by atoms with van der Waals surface area (Å²) in [7, 11) is -2.79. The lowest BCUT2D eigenvalue weighted by Gasteiger charge is -2.38. The van der Waals surface area contributed by atoms with Gasteiger partial charge in [0, 0.05) is 24.8 Å². The molecule has 6 heteroatoms. The van der Waals surface area contributed by atoms with E-state index in [-0.39, 0.29) is 6.10 Å². The van der Waals surface area contributed by atoms with Gasteiger partial charge in [-0.05, 0) is 49.9 Å². The fourth-order valence-electron chi connectivity index (χ4n) is 3.36. The first-order valence-corrected chi connectivity index (χ1v) is 9.81. The van der Waals surface area contributed by atoms with Gasteiger partial charge >= 0.3 is 0 Å². The van der Waals surface area contributed by atoms with Crippen LogP contribution in [0.5, 0.6) is 5.75 Å². The summed E-state index contributed by atoms with van der Waals surface area (Å²) in [6.45, 7) is 1.38. The molecule has 2 aliphatic rings. The first-order chi connectivity index (χ1) is 10.5. The Bertz CT molecular complexity index is 578. The monoisotopic (exact) mass is 324 g/mol. The van der Waals surface area contributed by atoms with Crippen molar-refractivity contribution in [2.45, 2.75) is 37.8 Å². The number of nitrogens with zero attached hydrogens (tertiary/aromatic N) is 1. The van der Waals surface area contributed by atoms with E-state index in [0.717, 1.165) is 37.1 Å². The van der Waals surface area contributed by atoms with Crippen molar-refractivity contribution in [3.05, 3.63) is 24.3 Å². The fraction of sp³-hybridized carbons (Fsp3) is 0.625. The highest BCUT2D eigenvalue weighted by Crippen LogP contribution is 2.27. The summed E-state index contributed by atoms with van der Waals surface area (Å²) in [5, 5.41) is 0. The Morgan fingerprint density at radius 1 is 1.00 bits per heavy atom. The lowest BCUT2D eigenvalue weighted by molar-refractivity contribution is 0.0924. The van der Waals surface area contributed by atoms with Crippen LogP contribution in [0.4, 0.5) is 5.69 Å². The molecule has 0 amide bonds. The maximum atomic E-state index is 11.5. The molecule has 1 heterocycles. The van der Waals surface area contributed by atoms with Crippen LogP contribution < -0.4 is 10.5 Å². The van der Waals surface area contributed by atoms with Gasteiger partial charge in [-0.3, -0.25) is 4.90 Å². The molecule has 0 radical (unpaired) electrons. The molecule has 1 aromatic rings. The molecule has 3 rings (SSSR count). The average Bonchev–Trinajstić information content (AvgIpc) is 2.51. The van der Waals surface area contributed by atoms with Gasteiger partial charge in [-0.25, -0.2) is 8.42 Å². The highest BCUT2D eigenvalue weighted by atomic mass is 32.2. The van der Waals surface area contributed by atoms with Gasteiger partial charge in [0.15, 0.2) is 9.84 Å². The summed E-state index contributed by atoms with van der Waals surface area (Å²) >= 11 is 0. The van der Waals surface area contributed by atoms with E-state index in [1.807, 2.05) is 24.3 Å². The number of hydrogen-bond acceptors (Lipinski definition) is 5. The topological polar surface area (TPSA) is 72.6 Å². The van der Waals surface area contributed by atoms with Crippen molar-refractivity contribution in [3.63, 3.8) is 0 Å². The number of nitrogens with two attached hydrogens (primary N) is 1. The zero-order valence-corrected chi connectivity index (χ0v) is 13.6. The first-order valence-electron chi connectivity index (χ1n) is 7.98. The molecule has 0 atom stereocenters. The molecule has 1 aliphatic heterocycles. The molecular weight excluding hydrogens is 300 g/mol. The highest BCUT2D eigenvalue weighted by Gasteiger charge is 2.30. The van der Waals surface area contributed by atoms with E-state index >= 15 is 0 Å². The van der Waals surface area contributed by atoms with Gasteiger partial charge < -0.3 is 10.5 Å². The predicted molar refractivity (Wildman–Crippen MR) is 87.8 cm³/mol. The Kier molecular flexibility index (Phi) is 4.59. The van der Waals surface area contributed by atoms with E-state index in [1.54, 1.807) is 0 Å². The maximum absolute atomic E-state index is 11.5. The minimum Gasteiger partial charge on any atom is -0.490 e. The summed E-state index contributed by atoms with van der Waals surface area (Å²) in [5.74, 6) is 1.51. The third kappa shape index (κ3) is 3.93. The Morgan fingerprint density at radius 3 is 2.18 bits per heavy atom. The van der Waals surface area contributed by atoms with Gasteiger partial charge in [0.2, 0.25) is 0 Å². The van der Waals surface area contributed by atoms with Crippen LogP contribution >= 0.6 is 0 Å². The second-order valence-corrected chi connectivity index (χ2v) is 8.61. The fourth-order valence-corrected chi connectivity index (χ4v) is 4.59.